The van der Waals surface area contributed by atoms with Gasteiger partial charge in [-0.15, -0.1) is 0 Å². The molecule has 0 bridgehead atoms. The van der Waals surface area contributed by atoms with Gasteiger partial charge in [0.1, 0.15) is 0 Å². The third kappa shape index (κ3) is 3.40. The Kier molecular flexibility index (Phi) is 4.76. The molecule has 2 aliphatic rings. The topological polar surface area (TPSA) is 54.6 Å². The molecule has 0 radical (unpaired) electrons. The number of ketones is 1. The maximum absolute atomic E-state index is 13.2. The molecule has 1 fully saturated rings. The zero-order valence-electron chi connectivity index (χ0n) is 16.7. The first-order valence-electron chi connectivity index (χ1n) is 10.4. The highest BCUT2D eigenvalue weighted by Crippen LogP contribution is 2.38. The average molecular weight is 390 g/mol. The number of H-pyrrole nitrogens is 1. The van der Waals surface area contributed by atoms with E-state index in [9.17, 15) is 4.79 Å². The fourth-order valence-electron chi connectivity index (χ4n) is 4.68. The van der Waals surface area contributed by atoms with Crippen molar-refractivity contribution in [1.29, 1.82) is 0 Å². The van der Waals surface area contributed by atoms with E-state index in [1.165, 1.54) is 5.56 Å². The third-order valence-electron chi connectivity index (χ3n) is 6.04. The number of nitrogens with zero attached hydrogens (tertiary/aromatic N) is 1. The van der Waals surface area contributed by atoms with Gasteiger partial charge < -0.3 is 14.5 Å². The number of nitrogens with one attached hydrogen (secondary N) is 1. The Labute approximate surface area is 170 Å². The van der Waals surface area contributed by atoms with Gasteiger partial charge in [0.15, 0.2) is 17.3 Å². The summed E-state index contributed by atoms with van der Waals surface area (Å²) in [6.07, 6.45) is 3.05. The number of para-hydroxylation sites is 1. The molecule has 0 spiro atoms. The molecule has 1 saturated heterocycles. The molecule has 1 atom stereocenters. The SMILES string of the molecule is Cc1[nH]c2ccccc2c1C(=O)CN1CCC[C@@H]1c1ccc2c(c1)OCCCO2. The number of Topliss-reactive ketones (excluding diaryl/α,β-unsaturated/α-hetero) is 1. The molecule has 0 unspecified atom stereocenters. The molecule has 0 amide bonds. The Morgan fingerprint density at radius 2 is 1.93 bits per heavy atom. The minimum Gasteiger partial charge on any atom is -0.490 e. The molecular weight excluding hydrogens is 364 g/mol. The molecule has 5 nitrogen and oxygen atoms in total. The first-order chi connectivity index (χ1) is 14.2. The smallest absolute Gasteiger partial charge is 0.179 e. The van der Waals surface area contributed by atoms with Crippen LogP contribution in [0.2, 0.25) is 0 Å². The molecule has 29 heavy (non-hydrogen) atoms. The summed E-state index contributed by atoms with van der Waals surface area (Å²) in [5.41, 5.74) is 4.00. The number of aromatic nitrogens is 1. The predicted molar refractivity (Wildman–Crippen MR) is 113 cm³/mol. The van der Waals surface area contributed by atoms with Crippen molar-refractivity contribution in [1.82, 2.24) is 9.88 Å². The number of carbonyl (C=O) groups excluding carboxylic acids is 1. The average Bonchev–Trinajstić information content (AvgIpc) is 3.23. The van der Waals surface area contributed by atoms with Gasteiger partial charge in [-0.1, -0.05) is 24.3 Å². The lowest BCUT2D eigenvalue weighted by Gasteiger charge is -2.25. The fourth-order valence-corrected chi connectivity index (χ4v) is 4.68. The Bertz CT molecular complexity index is 1060. The molecule has 150 valence electrons. The van der Waals surface area contributed by atoms with E-state index in [0.29, 0.717) is 19.8 Å². The van der Waals surface area contributed by atoms with Crippen LogP contribution in [0.25, 0.3) is 10.9 Å². The fraction of sp³-hybridized carbons (Fsp3) is 0.375. The zero-order chi connectivity index (χ0) is 19.8. The second kappa shape index (κ2) is 7.56. The van der Waals surface area contributed by atoms with Crippen LogP contribution in [0.1, 0.15) is 46.9 Å². The summed E-state index contributed by atoms with van der Waals surface area (Å²) in [6.45, 7) is 4.73. The van der Waals surface area contributed by atoms with Gasteiger partial charge in [-0.3, -0.25) is 9.69 Å². The number of hydrogen-bond donors (Lipinski definition) is 1. The van der Waals surface area contributed by atoms with E-state index in [1.54, 1.807) is 0 Å². The molecule has 1 N–H and O–H groups in total. The van der Waals surface area contributed by atoms with Crippen LogP contribution in [0.4, 0.5) is 0 Å². The van der Waals surface area contributed by atoms with Crippen molar-refractivity contribution in [3.05, 3.63) is 59.3 Å². The number of carbonyl (C=O) groups is 1. The van der Waals surface area contributed by atoms with Gasteiger partial charge >= 0.3 is 0 Å². The summed E-state index contributed by atoms with van der Waals surface area (Å²) in [4.78, 5) is 18.9. The number of fused-ring (bicyclic) bond motifs is 2. The van der Waals surface area contributed by atoms with E-state index in [2.05, 4.69) is 22.0 Å². The summed E-state index contributed by atoms with van der Waals surface area (Å²) in [6, 6.07) is 14.5. The van der Waals surface area contributed by atoms with E-state index < -0.39 is 0 Å². The highest BCUT2D eigenvalue weighted by molar-refractivity contribution is 6.10. The summed E-state index contributed by atoms with van der Waals surface area (Å²) >= 11 is 0. The summed E-state index contributed by atoms with van der Waals surface area (Å²) in [5.74, 6) is 1.83. The number of likely N-dealkylation sites (tertiary alicyclic amines) is 1. The molecule has 5 rings (SSSR count). The molecular formula is C24H26N2O3. The van der Waals surface area contributed by atoms with Crippen LogP contribution in [0.5, 0.6) is 11.5 Å². The van der Waals surface area contributed by atoms with Gasteiger partial charge in [0.05, 0.1) is 19.8 Å². The molecule has 2 aromatic carbocycles. The first-order valence-corrected chi connectivity index (χ1v) is 10.4. The quantitative estimate of drug-likeness (QED) is 0.659. The molecule has 0 aliphatic carbocycles. The van der Waals surface area contributed by atoms with Crippen LogP contribution in [0.15, 0.2) is 42.5 Å². The predicted octanol–water partition coefficient (Wildman–Crippen LogP) is 4.66. The molecule has 3 heterocycles. The van der Waals surface area contributed by atoms with Crippen LogP contribution >= 0.6 is 0 Å². The van der Waals surface area contributed by atoms with Crippen molar-refractivity contribution in [2.45, 2.75) is 32.2 Å². The van der Waals surface area contributed by atoms with Crippen LogP contribution in [0, 0.1) is 6.92 Å². The second-order valence-electron chi connectivity index (χ2n) is 7.98. The van der Waals surface area contributed by atoms with Crippen LogP contribution in [0.3, 0.4) is 0 Å². The summed E-state index contributed by atoms with van der Waals surface area (Å²) < 4.78 is 11.6. The molecule has 0 saturated carbocycles. The van der Waals surface area contributed by atoms with Crippen molar-refractivity contribution in [2.24, 2.45) is 0 Å². The summed E-state index contributed by atoms with van der Waals surface area (Å²) in [7, 11) is 0. The third-order valence-corrected chi connectivity index (χ3v) is 6.04. The summed E-state index contributed by atoms with van der Waals surface area (Å²) in [5, 5.41) is 1.02. The highest BCUT2D eigenvalue weighted by Gasteiger charge is 2.30. The van der Waals surface area contributed by atoms with Crippen LogP contribution in [-0.4, -0.2) is 42.0 Å². The van der Waals surface area contributed by atoms with Gasteiger partial charge in [-0.25, -0.2) is 0 Å². The number of ether oxygens (including phenoxy) is 2. The maximum Gasteiger partial charge on any atom is 0.179 e. The Balaban J connectivity index is 1.39. The van der Waals surface area contributed by atoms with E-state index in [0.717, 1.165) is 59.5 Å². The molecule has 3 aromatic rings. The monoisotopic (exact) mass is 390 g/mol. The van der Waals surface area contributed by atoms with Crippen molar-refractivity contribution >= 4 is 16.7 Å². The van der Waals surface area contributed by atoms with Crippen molar-refractivity contribution < 1.29 is 14.3 Å². The first kappa shape index (κ1) is 18.3. The van der Waals surface area contributed by atoms with Crippen molar-refractivity contribution in [2.75, 3.05) is 26.3 Å². The van der Waals surface area contributed by atoms with Crippen molar-refractivity contribution in [3.63, 3.8) is 0 Å². The van der Waals surface area contributed by atoms with Gasteiger partial charge in [0.2, 0.25) is 0 Å². The molecule has 2 aliphatic heterocycles. The largest absolute Gasteiger partial charge is 0.490 e. The van der Waals surface area contributed by atoms with Gasteiger partial charge in [-0.2, -0.15) is 0 Å². The van der Waals surface area contributed by atoms with Gasteiger partial charge in [0.25, 0.3) is 0 Å². The number of hydrogen-bond acceptors (Lipinski definition) is 4. The number of aryl methyl sites for hydroxylation is 1. The lowest BCUT2D eigenvalue weighted by Crippen LogP contribution is -2.29. The van der Waals surface area contributed by atoms with E-state index in [-0.39, 0.29) is 11.8 Å². The van der Waals surface area contributed by atoms with Gasteiger partial charge in [0, 0.05) is 34.6 Å². The standard InChI is InChI=1S/C24H26N2O3/c1-16-24(18-6-2-3-7-19(18)25-16)21(27)15-26-11-4-8-20(26)17-9-10-22-23(14-17)29-13-5-12-28-22/h2-3,6-7,9-10,14,20,25H,4-5,8,11-13,15H2,1H3/t20-/m1/s1. The normalized spacial score (nSPS) is 19.4. The Morgan fingerprint density at radius 1 is 1.10 bits per heavy atom. The lowest BCUT2D eigenvalue weighted by molar-refractivity contribution is 0.0922. The second-order valence-corrected chi connectivity index (χ2v) is 7.98. The minimum atomic E-state index is 0.182. The van der Waals surface area contributed by atoms with E-state index >= 15 is 0 Å². The number of benzene rings is 2. The zero-order valence-corrected chi connectivity index (χ0v) is 16.7. The highest BCUT2D eigenvalue weighted by atomic mass is 16.5. The van der Waals surface area contributed by atoms with E-state index in [4.69, 9.17) is 9.47 Å². The lowest BCUT2D eigenvalue weighted by atomic mass is 10.0. The Hall–Kier alpha value is -2.79. The number of rotatable bonds is 4. The maximum atomic E-state index is 13.2. The van der Waals surface area contributed by atoms with Crippen LogP contribution in [-0.2, 0) is 0 Å². The van der Waals surface area contributed by atoms with Gasteiger partial charge in [-0.05, 0) is 50.1 Å². The molecule has 1 aromatic heterocycles. The van der Waals surface area contributed by atoms with Crippen molar-refractivity contribution in [3.8, 4) is 11.5 Å². The number of aromatic amines is 1. The van der Waals surface area contributed by atoms with E-state index in [1.807, 2.05) is 37.3 Å². The van der Waals surface area contributed by atoms with Crippen LogP contribution < -0.4 is 9.47 Å². The molecule has 5 heteroatoms. The Morgan fingerprint density at radius 3 is 2.83 bits per heavy atom. The minimum absolute atomic E-state index is 0.182.